The number of rotatable bonds is 5. The second-order valence-corrected chi connectivity index (χ2v) is 10.5. The first-order valence-corrected chi connectivity index (χ1v) is 12.4. The van der Waals surface area contributed by atoms with Gasteiger partial charge in [-0.05, 0) is 43.5 Å². The average Bonchev–Trinajstić information content (AvgIpc) is 2.72. The number of benzene rings is 3. The molecule has 2 unspecified atom stereocenters. The fourth-order valence-electron chi connectivity index (χ4n) is 4.58. The van der Waals surface area contributed by atoms with E-state index in [1.165, 1.54) is 0 Å². The van der Waals surface area contributed by atoms with Crippen LogP contribution in [0.5, 0.6) is 0 Å². The van der Waals surface area contributed by atoms with E-state index < -0.39 is 10.0 Å². The van der Waals surface area contributed by atoms with Crippen LogP contribution in [0.1, 0.15) is 39.2 Å². The molecular formula is C25H31N3O2S. The molecule has 0 radical (unpaired) electrons. The molecule has 1 fully saturated rings. The first kappa shape index (κ1) is 21.7. The van der Waals surface area contributed by atoms with E-state index in [1.807, 2.05) is 54.6 Å². The van der Waals surface area contributed by atoms with Crippen LogP contribution in [0, 0.1) is 0 Å². The zero-order valence-electron chi connectivity index (χ0n) is 18.6. The molecule has 2 N–H and O–H groups in total. The van der Waals surface area contributed by atoms with Crippen LogP contribution < -0.4 is 14.9 Å². The smallest absolute Gasteiger partial charge is 0.262 e. The summed E-state index contributed by atoms with van der Waals surface area (Å²) >= 11 is 0. The predicted molar refractivity (Wildman–Crippen MR) is 130 cm³/mol. The molecule has 2 atom stereocenters. The molecule has 0 amide bonds. The number of fused-ring (bicyclic) bond motifs is 1. The monoisotopic (exact) mass is 437 g/mol. The van der Waals surface area contributed by atoms with Gasteiger partial charge in [-0.15, -0.1) is 0 Å². The number of anilines is 2. The minimum atomic E-state index is -3.75. The van der Waals surface area contributed by atoms with E-state index in [1.54, 1.807) is 6.07 Å². The van der Waals surface area contributed by atoms with Gasteiger partial charge in [0, 0.05) is 41.6 Å². The normalized spacial score (nSPS) is 19.7. The lowest BCUT2D eigenvalue weighted by molar-refractivity contribution is 0.407. The van der Waals surface area contributed by atoms with Crippen LogP contribution in [0.25, 0.3) is 10.8 Å². The second-order valence-electron chi connectivity index (χ2n) is 8.85. The number of nitrogens with zero attached hydrogens (tertiary/aromatic N) is 1. The van der Waals surface area contributed by atoms with Crippen LogP contribution >= 0.6 is 0 Å². The molecule has 0 bridgehead atoms. The van der Waals surface area contributed by atoms with Crippen LogP contribution in [-0.4, -0.2) is 33.6 Å². The van der Waals surface area contributed by atoms with Gasteiger partial charge in [-0.1, -0.05) is 56.3 Å². The Hall–Kier alpha value is -2.57. The third kappa shape index (κ3) is 4.41. The van der Waals surface area contributed by atoms with Gasteiger partial charge in [0.15, 0.2) is 0 Å². The molecule has 0 aliphatic carbocycles. The third-order valence-electron chi connectivity index (χ3n) is 5.88. The van der Waals surface area contributed by atoms with Crippen molar-refractivity contribution in [2.24, 2.45) is 0 Å². The Morgan fingerprint density at radius 1 is 0.903 bits per heavy atom. The van der Waals surface area contributed by atoms with Crippen molar-refractivity contribution >= 4 is 32.2 Å². The van der Waals surface area contributed by atoms with E-state index in [4.69, 9.17) is 0 Å². The van der Waals surface area contributed by atoms with Crippen LogP contribution in [-0.2, 0) is 10.0 Å². The Kier molecular flexibility index (Phi) is 5.95. The van der Waals surface area contributed by atoms with Crippen molar-refractivity contribution in [3.63, 3.8) is 0 Å². The first-order valence-electron chi connectivity index (χ1n) is 10.9. The summed E-state index contributed by atoms with van der Waals surface area (Å²) in [7, 11) is -3.75. The van der Waals surface area contributed by atoms with Crippen molar-refractivity contribution in [1.29, 1.82) is 0 Å². The molecule has 1 saturated heterocycles. The first-order chi connectivity index (χ1) is 14.8. The van der Waals surface area contributed by atoms with Crippen molar-refractivity contribution in [3.8, 4) is 0 Å². The molecule has 1 heterocycles. The fourth-order valence-corrected chi connectivity index (χ4v) is 5.88. The average molecular weight is 438 g/mol. The Balaban J connectivity index is 1.77. The van der Waals surface area contributed by atoms with Gasteiger partial charge in [0.05, 0.1) is 10.6 Å². The van der Waals surface area contributed by atoms with Crippen molar-refractivity contribution in [1.82, 2.24) is 5.32 Å². The van der Waals surface area contributed by atoms with Crippen LogP contribution in [0.4, 0.5) is 11.4 Å². The molecular weight excluding hydrogens is 406 g/mol. The minimum absolute atomic E-state index is 0.217. The highest BCUT2D eigenvalue weighted by Gasteiger charge is 2.25. The van der Waals surface area contributed by atoms with E-state index in [0.29, 0.717) is 22.7 Å². The maximum absolute atomic E-state index is 13.4. The molecule has 164 valence electrons. The number of sulfonamides is 1. The Bertz CT molecular complexity index is 1180. The fraction of sp³-hybridized carbons (Fsp3) is 0.360. The van der Waals surface area contributed by atoms with Gasteiger partial charge in [0.25, 0.3) is 10.0 Å². The van der Waals surface area contributed by atoms with E-state index in [-0.39, 0.29) is 5.92 Å². The zero-order valence-corrected chi connectivity index (χ0v) is 19.4. The summed E-state index contributed by atoms with van der Waals surface area (Å²) in [5.74, 6) is 0.217. The van der Waals surface area contributed by atoms with Gasteiger partial charge in [-0.3, -0.25) is 4.72 Å². The molecule has 31 heavy (non-hydrogen) atoms. The summed E-state index contributed by atoms with van der Waals surface area (Å²) in [6, 6.07) is 19.8. The van der Waals surface area contributed by atoms with Crippen molar-refractivity contribution < 1.29 is 8.42 Å². The standard InChI is InChI=1S/C25H31N3O2S/c1-17(2)20-9-7-8-12-23(20)27-31(29,30)25-14-13-24(21-10-5-6-11-22(21)25)28-15-18(3)26-19(4)16-28/h5-14,17-19,26-27H,15-16H2,1-4H3. The zero-order chi connectivity index (χ0) is 22.2. The van der Waals surface area contributed by atoms with Crippen LogP contribution in [0.15, 0.2) is 65.6 Å². The summed E-state index contributed by atoms with van der Waals surface area (Å²) in [5, 5.41) is 5.26. The molecule has 6 heteroatoms. The highest BCUT2D eigenvalue weighted by Crippen LogP contribution is 2.34. The van der Waals surface area contributed by atoms with E-state index in [2.05, 4.69) is 42.6 Å². The van der Waals surface area contributed by atoms with Gasteiger partial charge < -0.3 is 10.2 Å². The number of nitrogens with one attached hydrogen (secondary N) is 2. The van der Waals surface area contributed by atoms with Crippen LogP contribution in [0.2, 0.25) is 0 Å². The highest BCUT2D eigenvalue weighted by molar-refractivity contribution is 7.93. The predicted octanol–water partition coefficient (Wildman–Crippen LogP) is 4.95. The number of hydrogen-bond donors (Lipinski definition) is 2. The summed E-state index contributed by atoms with van der Waals surface area (Å²) in [6.45, 7) is 10.3. The second kappa shape index (κ2) is 8.52. The molecule has 5 nitrogen and oxygen atoms in total. The van der Waals surface area contributed by atoms with Gasteiger partial charge in [-0.2, -0.15) is 0 Å². The lowest BCUT2D eigenvalue weighted by Crippen LogP contribution is -2.54. The van der Waals surface area contributed by atoms with Gasteiger partial charge in [0.1, 0.15) is 0 Å². The van der Waals surface area contributed by atoms with Gasteiger partial charge in [-0.25, -0.2) is 8.42 Å². The summed E-state index contributed by atoms with van der Waals surface area (Å²) in [5.41, 5.74) is 2.70. The Labute approximate surface area is 185 Å². The minimum Gasteiger partial charge on any atom is -0.368 e. The van der Waals surface area contributed by atoms with Gasteiger partial charge in [0.2, 0.25) is 0 Å². The van der Waals surface area contributed by atoms with Crippen LogP contribution in [0.3, 0.4) is 0 Å². The SMILES string of the molecule is CC1CN(c2ccc(S(=O)(=O)Nc3ccccc3C(C)C)c3ccccc23)CC(C)N1. The quantitative estimate of drug-likeness (QED) is 0.593. The molecule has 0 aromatic heterocycles. The summed E-state index contributed by atoms with van der Waals surface area (Å²) in [4.78, 5) is 2.66. The van der Waals surface area contributed by atoms with E-state index in [9.17, 15) is 8.42 Å². The molecule has 1 aliphatic heterocycles. The molecule has 1 aliphatic rings. The maximum Gasteiger partial charge on any atom is 0.262 e. The van der Waals surface area contributed by atoms with Gasteiger partial charge >= 0.3 is 0 Å². The Morgan fingerprint density at radius 3 is 2.19 bits per heavy atom. The van der Waals surface area contributed by atoms with Crippen molar-refractivity contribution in [3.05, 3.63) is 66.2 Å². The summed E-state index contributed by atoms with van der Waals surface area (Å²) < 4.78 is 29.7. The topological polar surface area (TPSA) is 61.4 Å². The number of hydrogen-bond acceptors (Lipinski definition) is 4. The number of para-hydroxylation sites is 1. The van der Waals surface area contributed by atoms with E-state index >= 15 is 0 Å². The van der Waals surface area contributed by atoms with E-state index in [0.717, 1.165) is 35.1 Å². The lowest BCUT2D eigenvalue weighted by Gasteiger charge is -2.38. The molecule has 0 spiro atoms. The molecule has 0 saturated carbocycles. The summed E-state index contributed by atoms with van der Waals surface area (Å²) in [6.07, 6.45) is 0. The van der Waals surface area contributed by atoms with Crippen molar-refractivity contribution in [2.75, 3.05) is 22.7 Å². The largest absolute Gasteiger partial charge is 0.368 e. The molecule has 3 aromatic rings. The van der Waals surface area contributed by atoms with Crippen molar-refractivity contribution in [2.45, 2.75) is 50.6 Å². The lowest BCUT2D eigenvalue weighted by atomic mass is 10.0. The Morgan fingerprint density at radius 2 is 1.52 bits per heavy atom. The number of piperazine rings is 1. The third-order valence-corrected chi connectivity index (χ3v) is 7.30. The highest BCUT2D eigenvalue weighted by atomic mass is 32.2. The molecule has 3 aromatic carbocycles. The maximum atomic E-state index is 13.4. The molecule has 4 rings (SSSR count).